The Morgan fingerprint density at radius 1 is 1.38 bits per heavy atom. The summed E-state index contributed by atoms with van der Waals surface area (Å²) in [4.78, 5) is 40.1. The van der Waals surface area contributed by atoms with Crippen molar-refractivity contribution in [3.8, 4) is 11.1 Å². The van der Waals surface area contributed by atoms with Crippen LogP contribution in [0.1, 0.15) is 19.4 Å². The largest absolute Gasteiger partial charge is 0.467 e. The van der Waals surface area contributed by atoms with Crippen LogP contribution in [-0.4, -0.2) is 27.6 Å². The van der Waals surface area contributed by atoms with Gasteiger partial charge in [0.15, 0.2) is 0 Å². The van der Waals surface area contributed by atoms with E-state index in [0.717, 1.165) is 0 Å². The molecule has 0 fully saturated rings. The quantitative estimate of drug-likeness (QED) is 0.386. The molecular formula is C17H15N3O5S. The standard InChI is InChI=1S/C17H15N3O5S/c1-3-13(17(22)25-2)19-9-18-15-14(16(19)21)12(8-26-15)10-4-6-11(7-5-10)20(23)24/h4-9,13H,3H2,1-2H3. The van der Waals surface area contributed by atoms with Gasteiger partial charge in [0.1, 0.15) is 10.9 Å². The summed E-state index contributed by atoms with van der Waals surface area (Å²) in [7, 11) is 1.27. The summed E-state index contributed by atoms with van der Waals surface area (Å²) in [6, 6.07) is 5.20. The Hall–Kier alpha value is -3.07. The second-order valence-electron chi connectivity index (χ2n) is 5.54. The van der Waals surface area contributed by atoms with E-state index in [0.29, 0.717) is 27.8 Å². The van der Waals surface area contributed by atoms with Gasteiger partial charge >= 0.3 is 5.97 Å². The normalized spacial score (nSPS) is 12.1. The molecule has 0 N–H and O–H groups in total. The zero-order valence-electron chi connectivity index (χ0n) is 14.0. The van der Waals surface area contributed by atoms with Crippen LogP contribution in [0.5, 0.6) is 0 Å². The van der Waals surface area contributed by atoms with Crippen molar-refractivity contribution < 1.29 is 14.5 Å². The van der Waals surface area contributed by atoms with E-state index in [4.69, 9.17) is 4.74 Å². The first-order valence-electron chi connectivity index (χ1n) is 7.79. The number of hydrogen-bond acceptors (Lipinski definition) is 7. The number of carbonyl (C=O) groups is 1. The van der Waals surface area contributed by atoms with Crippen molar-refractivity contribution in [2.24, 2.45) is 0 Å². The number of non-ortho nitro benzene ring substituents is 1. The number of nitro benzene ring substituents is 1. The minimum atomic E-state index is -0.756. The summed E-state index contributed by atoms with van der Waals surface area (Å²) in [5.41, 5.74) is 0.929. The lowest BCUT2D eigenvalue weighted by Crippen LogP contribution is -2.30. The van der Waals surface area contributed by atoms with Crippen LogP contribution in [-0.2, 0) is 9.53 Å². The first-order chi connectivity index (χ1) is 12.5. The maximum absolute atomic E-state index is 13.0. The number of nitro groups is 1. The maximum Gasteiger partial charge on any atom is 0.329 e. The number of rotatable bonds is 5. The number of ether oxygens (including phenoxy) is 1. The third-order valence-corrected chi connectivity index (χ3v) is 4.99. The number of hydrogen-bond donors (Lipinski definition) is 0. The molecule has 0 aliphatic rings. The summed E-state index contributed by atoms with van der Waals surface area (Å²) in [5, 5.41) is 13.0. The van der Waals surface area contributed by atoms with Crippen molar-refractivity contribution in [2.75, 3.05) is 7.11 Å². The highest BCUT2D eigenvalue weighted by atomic mass is 32.1. The Morgan fingerprint density at radius 3 is 2.65 bits per heavy atom. The van der Waals surface area contributed by atoms with Crippen LogP contribution in [0, 0.1) is 10.1 Å². The molecular weight excluding hydrogens is 358 g/mol. The summed E-state index contributed by atoms with van der Waals surface area (Å²) >= 11 is 1.30. The number of fused-ring (bicyclic) bond motifs is 1. The molecule has 0 amide bonds. The van der Waals surface area contributed by atoms with Crippen molar-refractivity contribution in [3.63, 3.8) is 0 Å². The van der Waals surface area contributed by atoms with E-state index in [1.54, 1.807) is 24.4 Å². The van der Waals surface area contributed by atoms with Crippen LogP contribution in [0.15, 0.2) is 40.8 Å². The molecule has 0 spiro atoms. The fraction of sp³-hybridized carbons (Fsp3) is 0.235. The van der Waals surface area contributed by atoms with Gasteiger partial charge in [-0.3, -0.25) is 19.5 Å². The SMILES string of the molecule is CCC(C(=O)OC)n1cnc2scc(-c3ccc([N+](=O)[O-])cc3)c2c1=O. The molecule has 3 rings (SSSR count). The molecule has 3 aromatic rings. The number of esters is 1. The number of carbonyl (C=O) groups excluding carboxylic acids is 1. The Labute approximate surface area is 151 Å². The molecule has 0 aliphatic carbocycles. The topological polar surface area (TPSA) is 104 Å². The van der Waals surface area contributed by atoms with Gasteiger partial charge in [-0.25, -0.2) is 9.78 Å². The highest BCUT2D eigenvalue weighted by molar-refractivity contribution is 7.17. The number of thiophene rings is 1. The first kappa shape index (κ1) is 17.7. The Kier molecular flexibility index (Phi) is 4.81. The maximum atomic E-state index is 13.0. The van der Waals surface area contributed by atoms with Crippen molar-refractivity contribution in [1.82, 2.24) is 9.55 Å². The highest BCUT2D eigenvalue weighted by Gasteiger charge is 2.23. The monoisotopic (exact) mass is 373 g/mol. The second kappa shape index (κ2) is 7.04. The van der Waals surface area contributed by atoms with Gasteiger partial charge < -0.3 is 4.74 Å². The van der Waals surface area contributed by atoms with E-state index in [1.807, 2.05) is 0 Å². The molecule has 1 aromatic carbocycles. The molecule has 2 heterocycles. The second-order valence-corrected chi connectivity index (χ2v) is 6.40. The van der Waals surface area contributed by atoms with Crippen LogP contribution >= 0.6 is 11.3 Å². The molecule has 9 heteroatoms. The Morgan fingerprint density at radius 2 is 2.08 bits per heavy atom. The third-order valence-electron chi connectivity index (χ3n) is 4.10. The lowest BCUT2D eigenvalue weighted by molar-refractivity contribution is -0.384. The molecule has 26 heavy (non-hydrogen) atoms. The fourth-order valence-electron chi connectivity index (χ4n) is 2.76. The number of nitrogens with zero attached hydrogens (tertiary/aromatic N) is 3. The molecule has 0 saturated heterocycles. The average molecular weight is 373 g/mol. The Bertz CT molecular complexity index is 1040. The van der Waals surface area contributed by atoms with E-state index in [9.17, 15) is 19.7 Å². The van der Waals surface area contributed by atoms with Gasteiger partial charge in [0.05, 0.1) is 23.7 Å². The molecule has 0 radical (unpaired) electrons. The van der Waals surface area contributed by atoms with Crippen LogP contribution in [0.2, 0.25) is 0 Å². The van der Waals surface area contributed by atoms with Gasteiger partial charge in [0, 0.05) is 23.1 Å². The number of methoxy groups -OCH3 is 1. The fourth-order valence-corrected chi connectivity index (χ4v) is 3.66. The summed E-state index contributed by atoms with van der Waals surface area (Å²) in [6.07, 6.45) is 1.74. The van der Waals surface area contributed by atoms with Crippen molar-refractivity contribution in [3.05, 3.63) is 56.4 Å². The zero-order chi connectivity index (χ0) is 18.8. The smallest absolute Gasteiger partial charge is 0.329 e. The molecule has 2 aromatic heterocycles. The van der Waals surface area contributed by atoms with E-state index >= 15 is 0 Å². The molecule has 1 unspecified atom stereocenters. The van der Waals surface area contributed by atoms with Crippen molar-refractivity contribution in [2.45, 2.75) is 19.4 Å². The number of benzene rings is 1. The van der Waals surface area contributed by atoms with E-state index in [1.165, 1.54) is 41.5 Å². The predicted molar refractivity (Wildman–Crippen MR) is 97.3 cm³/mol. The van der Waals surface area contributed by atoms with Gasteiger partial charge in [-0.15, -0.1) is 11.3 Å². The van der Waals surface area contributed by atoms with Gasteiger partial charge in [0.2, 0.25) is 0 Å². The van der Waals surface area contributed by atoms with Gasteiger partial charge in [0.25, 0.3) is 11.2 Å². The van der Waals surface area contributed by atoms with Gasteiger partial charge in [-0.2, -0.15) is 0 Å². The van der Waals surface area contributed by atoms with Crippen LogP contribution < -0.4 is 5.56 Å². The summed E-state index contributed by atoms with van der Waals surface area (Å²) < 4.78 is 6.04. The number of aromatic nitrogens is 2. The van der Waals surface area contributed by atoms with Crippen LogP contribution in [0.3, 0.4) is 0 Å². The first-order valence-corrected chi connectivity index (χ1v) is 8.66. The molecule has 1 atom stereocenters. The summed E-state index contributed by atoms with van der Waals surface area (Å²) in [5.74, 6) is -0.511. The predicted octanol–water partition coefficient (Wildman–Crippen LogP) is 3.16. The Balaban J connectivity index is 2.16. The van der Waals surface area contributed by atoms with E-state index in [-0.39, 0.29) is 11.2 Å². The average Bonchev–Trinajstić information content (AvgIpc) is 3.08. The zero-order valence-corrected chi connectivity index (χ0v) is 14.9. The highest BCUT2D eigenvalue weighted by Crippen LogP contribution is 2.32. The van der Waals surface area contributed by atoms with Crippen molar-refractivity contribution >= 4 is 33.2 Å². The minimum absolute atomic E-state index is 0.0273. The van der Waals surface area contributed by atoms with Crippen LogP contribution in [0.4, 0.5) is 5.69 Å². The lowest BCUT2D eigenvalue weighted by Gasteiger charge is -2.15. The minimum Gasteiger partial charge on any atom is -0.467 e. The molecule has 134 valence electrons. The summed E-state index contributed by atoms with van der Waals surface area (Å²) in [6.45, 7) is 1.78. The van der Waals surface area contributed by atoms with Crippen LogP contribution in [0.25, 0.3) is 21.3 Å². The lowest BCUT2D eigenvalue weighted by atomic mass is 10.1. The van der Waals surface area contributed by atoms with Gasteiger partial charge in [-0.1, -0.05) is 6.92 Å². The van der Waals surface area contributed by atoms with Crippen molar-refractivity contribution in [1.29, 1.82) is 0 Å². The van der Waals surface area contributed by atoms with E-state index < -0.39 is 16.9 Å². The molecule has 8 nitrogen and oxygen atoms in total. The molecule has 0 bridgehead atoms. The van der Waals surface area contributed by atoms with E-state index in [2.05, 4.69) is 4.98 Å². The van der Waals surface area contributed by atoms with Gasteiger partial charge in [-0.05, 0) is 24.1 Å². The molecule has 0 saturated carbocycles. The molecule has 0 aliphatic heterocycles. The third kappa shape index (κ3) is 2.97.